The maximum absolute atomic E-state index is 14.0. The number of hydrogen-bond donors (Lipinski definition) is 1. The summed E-state index contributed by atoms with van der Waals surface area (Å²) in [7, 11) is 1.80. The summed E-state index contributed by atoms with van der Waals surface area (Å²) in [5.41, 5.74) is -0.263. The van der Waals surface area contributed by atoms with E-state index >= 15 is 0 Å². The third kappa shape index (κ3) is 2.98. The lowest BCUT2D eigenvalue weighted by Gasteiger charge is -2.33. The van der Waals surface area contributed by atoms with Crippen LogP contribution in [0.4, 0.5) is 8.78 Å². The zero-order valence-corrected chi connectivity index (χ0v) is 12.7. The maximum Gasteiger partial charge on any atom is 0.143 e. The lowest BCUT2D eigenvalue weighted by Crippen LogP contribution is -2.48. The van der Waals surface area contributed by atoms with Crippen LogP contribution in [-0.2, 0) is 11.2 Å². The number of hydrogen-bond acceptors (Lipinski definition) is 2. The van der Waals surface area contributed by atoms with Crippen molar-refractivity contribution in [2.24, 2.45) is 0 Å². The van der Waals surface area contributed by atoms with Crippen molar-refractivity contribution < 1.29 is 13.5 Å². The molecular formula is C14H18BrF2NO. The van der Waals surface area contributed by atoms with Crippen molar-refractivity contribution in [2.75, 3.05) is 13.7 Å². The molecule has 0 aromatic heterocycles. The molecular weight excluding hydrogens is 316 g/mol. The lowest BCUT2D eigenvalue weighted by atomic mass is 9.88. The van der Waals surface area contributed by atoms with Gasteiger partial charge in [0.2, 0.25) is 0 Å². The third-order valence-electron chi connectivity index (χ3n) is 3.88. The van der Waals surface area contributed by atoms with Crippen LogP contribution >= 0.6 is 15.9 Å². The second kappa shape index (κ2) is 5.85. The molecule has 2 unspecified atom stereocenters. The Bertz CT molecular complexity index is 461. The van der Waals surface area contributed by atoms with Gasteiger partial charge in [0, 0.05) is 18.2 Å². The van der Waals surface area contributed by atoms with Crippen molar-refractivity contribution in [3.63, 3.8) is 0 Å². The molecule has 2 atom stereocenters. The molecule has 1 aromatic rings. The minimum atomic E-state index is -0.526. The van der Waals surface area contributed by atoms with Gasteiger partial charge in [-0.25, -0.2) is 8.78 Å². The summed E-state index contributed by atoms with van der Waals surface area (Å²) in [4.78, 5) is 0. The van der Waals surface area contributed by atoms with Gasteiger partial charge in [-0.15, -0.1) is 0 Å². The molecule has 1 N–H and O–H groups in total. The molecule has 0 saturated carbocycles. The minimum absolute atomic E-state index is 0.102. The predicted octanol–water partition coefficient (Wildman–Crippen LogP) is 3.43. The molecule has 19 heavy (non-hydrogen) atoms. The van der Waals surface area contributed by atoms with Crippen LogP contribution in [0.2, 0.25) is 0 Å². The summed E-state index contributed by atoms with van der Waals surface area (Å²) in [6.07, 6.45) is 2.15. The minimum Gasteiger partial charge on any atom is -0.374 e. The van der Waals surface area contributed by atoms with Crippen LogP contribution in [0.25, 0.3) is 0 Å². The molecule has 1 fully saturated rings. The van der Waals surface area contributed by atoms with E-state index in [-0.39, 0.29) is 28.1 Å². The topological polar surface area (TPSA) is 21.3 Å². The van der Waals surface area contributed by atoms with Gasteiger partial charge in [-0.05, 0) is 61.3 Å². The Morgan fingerprint density at radius 3 is 2.79 bits per heavy atom. The summed E-state index contributed by atoms with van der Waals surface area (Å²) in [5.74, 6) is -1.04. The molecule has 0 aliphatic carbocycles. The fourth-order valence-electron chi connectivity index (χ4n) is 2.66. The average Bonchev–Trinajstić information content (AvgIpc) is 2.82. The van der Waals surface area contributed by atoms with Crippen LogP contribution in [-0.4, -0.2) is 25.3 Å². The quantitative estimate of drug-likeness (QED) is 0.852. The average molecular weight is 334 g/mol. The van der Waals surface area contributed by atoms with E-state index in [0.29, 0.717) is 6.61 Å². The first-order chi connectivity index (χ1) is 8.98. The highest BCUT2D eigenvalue weighted by atomic mass is 79.9. The molecule has 2 nitrogen and oxygen atoms in total. The Morgan fingerprint density at radius 2 is 2.21 bits per heavy atom. The number of likely N-dealkylation sites (N-methyl/N-ethyl adjacent to an activating group) is 1. The van der Waals surface area contributed by atoms with Crippen LogP contribution in [0, 0.1) is 11.6 Å². The fourth-order valence-corrected chi connectivity index (χ4v) is 3.03. The second-order valence-electron chi connectivity index (χ2n) is 5.13. The lowest BCUT2D eigenvalue weighted by molar-refractivity contribution is -0.00980. The van der Waals surface area contributed by atoms with Gasteiger partial charge in [0.15, 0.2) is 0 Å². The highest BCUT2D eigenvalue weighted by molar-refractivity contribution is 9.10. The Balaban J connectivity index is 2.26. The van der Waals surface area contributed by atoms with Crippen molar-refractivity contribution >= 4 is 15.9 Å². The Labute approximate surface area is 120 Å². The van der Waals surface area contributed by atoms with Gasteiger partial charge in [-0.2, -0.15) is 0 Å². The summed E-state index contributed by atoms with van der Waals surface area (Å²) < 4.78 is 33.9. The van der Waals surface area contributed by atoms with Crippen LogP contribution in [0.5, 0.6) is 0 Å². The highest BCUT2D eigenvalue weighted by Gasteiger charge is 2.38. The summed E-state index contributed by atoms with van der Waals surface area (Å²) >= 11 is 3.10. The molecule has 1 saturated heterocycles. The monoisotopic (exact) mass is 333 g/mol. The standard InChI is InChI=1S/C14H18BrF2NO/c1-14(6-3-7-19-14)12(18-2)8-9-11(16)5-4-10(15)13(9)17/h4-5,12,18H,3,6-8H2,1-2H3. The third-order valence-corrected chi connectivity index (χ3v) is 4.49. The van der Waals surface area contributed by atoms with Gasteiger partial charge in [-0.1, -0.05) is 0 Å². The van der Waals surface area contributed by atoms with Crippen LogP contribution in [0.1, 0.15) is 25.3 Å². The van der Waals surface area contributed by atoms with E-state index in [2.05, 4.69) is 21.2 Å². The normalized spacial score (nSPS) is 24.7. The predicted molar refractivity (Wildman–Crippen MR) is 74.2 cm³/mol. The van der Waals surface area contributed by atoms with E-state index in [1.165, 1.54) is 12.1 Å². The highest BCUT2D eigenvalue weighted by Crippen LogP contribution is 2.32. The van der Waals surface area contributed by atoms with Gasteiger partial charge in [0.05, 0.1) is 10.1 Å². The van der Waals surface area contributed by atoms with E-state index in [9.17, 15) is 8.78 Å². The van der Waals surface area contributed by atoms with Gasteiger partial charge in [-0.3, -0.25) is 0 Å². The van der Waals surface area contributed by atoms with Crippen molar-refractivity contribution in [1.82, 2.24) is 5.32 Å². The molecule has 5 heteroatoms. The first kappa shape index (κ1) is 14.9. The molecule has 2 rings (SSSR count). The number of benzene rings is 1. The van der Waals surface area contributed by atoms with Crippen LogP contribution < -0.4 is 5.32 Å². The van der Waals surface area contributed by atoms with Crippen LogP contribution in [0.15, 0.2) is 16.6 Å². The molecule has 0 radical (unpaired) electrons. The fraction of sp³-hybridized carbons (Fsp3) is 0.571. The van der Waals surface area contributed by atoms with E-state index in [1.807, 2.05) is 6.92 Å². The molecule has 0 bridgehead atoms. The van der Waals surface area contributed by atoms with E-state index < -0.39 is 11.6 Å². The van der Waals surface area contributed by atoms with Crippen molar-refractivity contribution in [2.45, 2.75) is 37.8 Å². The Morgan fingerprint density at radius 1 is 1.47 bits per heavy atom. The molecule has 0 amide bonds. The first-order valence-electron chi connectivity index (χ1n) is 6.41. The zero-order valence-electron chi connectivity index (χ0n) is 11.1. The second-order valence-corrected chi connectivity index (χ2v) is 5.99. The van der Waals surface area contributed by atoms with Gasteiger partial charge in [0.1, 0.15) is 11.6 Å². The summed E-state index contributed by atoms with van der Waals surface area (Å²) in [6, 6.07) is 2.55. The van der Waals surface area contributed by atoms with E-state index in [4.69, 9.17) is 4.74 Å². The van der Waals surface area contributed by atoms with Crippen molar-refractivity contribution in [3.8, 4) is 0 Å². The molecule has 1 aromatic carbocycles. The van der Waals surface area contributed by atoms with Gasteiger partial charge in [0.25, 0.3) is 0 Å². The Hall–Kier alpha value is -0.520. The van der Waals surface area contributed by atoms with Gasteiger partial charge >= 0.3 is 0 Å². The number of halogens is 3. The summed E-state index contributed by atoms with van der Waals surface area (Å²) in [6.45, 7) is 2.70. The van der Waals surface area contributed by atoms with Crippen molar-refractivity contribution in [1.29, 1.82) is 0 Å². The van der Waals surface area contributed by atoms with E-state index in [1.54, 1.807) is 7.05 Å². The van der Waals surface area contributed by atoms with E-state index in [0.717, 1.165) is 12.8 Å². The van der Waals surface area contributed by atoms with Crippen LogP contribution in [0.3, 0.4) is 0 Å². The maximum atomic E-state index is 14.0. The summed E-state index contributed by atoms with van der Waals surface area (Å²) in [5, 5.41) is 3.13. The largest absolute Gasteiger partial charge is 0.374 e. The zero-order chi connectivity index (χ0) is 14.0. The van der Waals surface area contributed by atoms with Gasteiger partial charge < -0.3 is 10.1 Å². The first-order valence-corrected chi connectivity index (χ1v) is 7.21. The SMILES string of the molecule is CNC(Cc1c(F)ccc(Br)c1F)C1(C)CCCO1. The molecule has 1 aliphatic heterocycles. The van der Waals surface area contributed by atoms with Crippen molar-refractivity contribution in [3.05, 3.63) is 33.8 Å². The molecule has 1 aliphatic rings. The smallest absolute Gasteiger partial charge is 0.143 e. The molecule has 106 valence electrons. The Kier molecular flexibility index (Phi) is 4.58. The number of rotatable bonds is 4. The molecule has 1 heterocycles. The number of ether oxygens (including phenoxy) is 1. The number of nitrogens with one attached hydrogen (secondary N) is 1. The molecule has 0 spiro atoms.